The van der Waals surface area contributed by atoms with Gasteiger partial charge in [-0.2, -0.15) is 0 Å². The highest BCUT2D eigenvalue weighted by Crippen LogP contribution is 2.34. The lowest BCUT2D eigenvalue weighted by Crippen LogP contribution is -2.23. The number of hydrogen-bond acceptors (Lipinski definition) is 0. The molecule has 0 aliphatic rings. The van der Waals surface area contributed by atoms with Gasteiger partial charge in [0.05, 0.1) is 31.4 Å². The van der Waals surface area contributed by atoms with E-state index in [1.807, 2.05) is 42.5 Å². The fraction of sp³-hybridized carbons (Fsp3) is 0.167. The first-order valence-electron chi connectivity index (χ1n) is 5.10. The first-order valence-corrected chi connectivity index (χ1v) is 5.10. The van der Waals surface area contributed by atoms with Crippen LogP contribution in [0.1, 0.15) is 11.4 Å². The van der Waals surface area contributed by atoms with Gasteiger partial charge in [0, 0.05) is 0 Å². The van der Waals surface area contributed by atoms with E-state index < -0.39 is 10.9 Å². The van der Waals surface area contributed by atoms with Crippen LogP contribution in [0.2, 0.25) is 5.11 Å². The van der Waals surface area contributed by atoms with E-state index in [-0.39, 0.29) is 0 Å². The maximum atomic E-state index is 5.96. The molecule has 1 unspecified atom stereocenters. The Morgan fingerprint density at radius 2 is 1.50 bits per heavy atom. The molecule has 16 heavy (non-hydrogen) atoms. The minimum absolute atomic E-state index is 0.599. The summed E-state index contributed by atoms with van der Waals surface area (Å²) in [5.41, 5.74) is 0.866. The SMILES string of the molecule is [B]C(c1cccc2ccccc12)C([B])([B])[B]. The Kier molecular flexibility index (Phi) is 2.92. The van der Waals surface area contributed by atoms with Gasteiger partial charge < -0.3 is 0 Å². The number of fused-ring (bicyclic) bond motifs is 1. The molecule has 0 saturated carbocycles. The highest BCUT2D eigenvalue weighted by molar-refractivity contribution is 6.61. The lowest BCUT2D eigenvalue weighted by Gasteiger charge is -2.30. The summed E-state index contributed by atoms with van der Waals surface area (Å²) in [5.74, 6) is -0.599. The average Bonchev–Trinajstić information content (AvgIpc) is 2.26. The zero-order chi connectivity index (χ0) is 11.8. The van der Waals surface area contributed by atoms with Gasteiger partial charge >= 0.3 is 0 Å². The standard InChI is InChI=1S/C12H8B4/c13-11(12(14,15)16)10-7-3-5-8-4-1-2-6-9(8)10/h1-7,11H. The average molecular weight is 195 g/mol. The van der Waals surface area contributed by atoms with Crippen LogP contribution in [0.5, 0.6) is 0 Å². The zero-order valence-corrected chi connectivity index (χ0v) is 8.93. The first kappa shape index (κ1) is 11.4. The Bertz CT molecular complexity index is 496. The van der Waals surface area contributed by atoms with Gasteiger partial charge in [-0.25, -0.2) is 0 Å². The molecular weight excluding hydrogens is 187 g/mol. The summed E-state index contributed by atoms with van der Waals surface area (Å²) in [6.45, 7) is 0. The summed E-state index contributed by atoms with van der Waals surface area (Å²) in [6, 6.07) is 13.7. The van der Waals surface area contributed by atoms with Crippen LogP contribution in [0, 0.1) is 0 Å². The lowest BCUT2D eigenvalue weighted by atomic mass is 9.33. The Morgan fingerprint density at radius 3 is 2.19 bits per heavy atom. The molecule has 2 rings (SSSR count). The molecule has 0 saturated heterocycles. The van der Waals surface area contributed by atoms with Gasteiger partial charge in [0.2, 0.25) is 0 Å². The third kappa shape index (κ3) is 2.07. The van der Waals surface area contributed by atoms with Crippen LogP contribution in [0.3, 0.4) is 0 Å². The number of benzene rings is 2. The molecule has 0 spiro atoms. The van der Waals surface area contributed by atoms with Crippen molar-refractivity contribution < 1.29 is 0 Å². The lowest BCUT2D eigenvalue weighted by molar-refractivity contribution is 0.964. The molecule has 68 valence electrons. The van der Waals surface area contributed by atoms with Crippen LogP contribution in [-0.4, -0.2) is 31.4 Å². The molecule has 1 atom stereocenters. The van der Waals surface area contributed by atoms with Crippen molar-refractivity contribution in [3.05, 3.63) is 48.0 Å². The molecule has 2 aromatic rings. The Balaban J connectivity index is 2.61. The molecule has 0 heterocycles. The van der Waals surface area contributed by atoms with Gasteiger partial charge in [-0.1, -0.05) is 48.3 Å². The molecule has 0 aliphatic heterocycles. The molecule has 0 nitrogen and oxygen atoms in total. The summed E-state index contributed by atoms with van der Waals surface area (Å²) in [4.78, 5) is 0. The van der Waals surface area contributed by atoms with Gasteiger partial charge in [-0.3, -0.25) is 0 Å². The van der Waals surface area contributed by atoms with Crippen molar-refractivity contribution in [3.63, 3.8) is 0 Å². The fourth-order valence-corrected chi connectivity index (χ4v) is 1.79. The van der Waals surface area contributed by atoms with Crippen molar-refractivity contribution in [2.24, 2.45) is 0 Å². The van der Waals surface area contributed by atoms with E-state index in [1.165, 1.54) is 0 Å². The van der Waals surface area contributed by atoms with Crippen LogP contribution in [0.15, 0.2) is 42.5 Å². The van der Waals surface area contributed by atoms with E-state index in [9.17, 15) is 0 Å². The van der Waals surface area contributed by atoms with Crippen LogP contribution >= 0.6 is 0 Å². The van der Waals surface area contributed by atoms with E-state index in [4.69, 9.17) is 31.4 Å². The number of rotatable bonds is 2. The van der Waals surface area contributed by atoms with Gasteiger partial charge in [-0.15, -0.1) is 5.11 Å². The smallest absolute Gasteiger partial charge is 0.0741 e. The second-order valence-corrected chi connectivity index (χ2v) is 4.05. The van der Waals surface area contributed by atoms with Crippen LogP contribution in [-0.2, 0) is 0 Å². The highest BCUT2D eigenvalue weighted by atomic mass is 14.1. The summed E-state index contributed by atoms with van der Waals surface area (Å²) >= 11 is 0. The minimum Gasteiger partial charge on any atom is -0.131 e. The molecule has 2 aromatic carbocycles. The monoisotopic (exact) mass is 196 g/mol. The molecule has 0 aliphatic carbocycles. The van der Waals surface area contributed by atoms with Crippen LogP contribution < -0.4 is 0 Å². The minimum atomic E-state index is -1.41. The molecule has 8 radical (unpaired) electrons. The van der Waals surface area contributed by atoms with E-state index in [2.05, 4.69) is 0 Å². The van der Waals surface area contributed by atoms with Crippen molar-refractivity contribution in [2.45, 2.75) is 10.9 Å². The van der Waals surface area contributed by atoms with E-state index in [1.54, 1.807) is 0 Å². The van der Waals surface area contributed by atoms with E-state index in [0.29, 0.717) is 0 Å². The molecule has 0 aromatic heterocycles. The maximum absolute atomic E-state index is 5.96. The van der Waals surface area contributed by atoms with E-state index >= 15 is 0 Å². The van der Waals surface area contributed by atoms with Gasteiger partial charge in [0.1, 0.15) is 0 Å². The second-order valence-electron chi connectivity index (χ2n) is 4.05. The number of hydrogen-bond donors (Lipinski definition) is 0. The van der Waals surface area contributed by atoms with Crippen molar-refractivity contribution in [2.75, 3.05) is 0 Å². The van der Waals surface area contributed by atoms with Crippen molar-refractivity contribution in [1.82, 2.24) is 0 Å². The van der Waals surface area contributed by atoms with E-state index in [0.717, 1.165) is 16.3 Å². The largest absolute Gasteiger partial charge is 0.131 e. The molecule has 0 fully saturated rings. The highest BCUT2D eigenvalue weighted by Gasteiger charge is 2.21. The summed E-state index contributed by atoms with van der Waals surface area (Å²) < 4.78 is 0. The first-order chi connectivity index (χ1) is 7.50. The topological polar surface area (TPSA) is 0 Å². The van der Waals surface area contributed by atoms with Gasteiger partial charge in [0.25, 0.3) is 0 Å². The normalized spacial score (nSPS) is 13.8. The Hall–Kier alpha value is -1.04. The quantitative estimate of drug-likeness (QED) is 0.639. The summed E-state index contributed by atoms with van der Waals surface area (Å²) in [5, 5.41) is 0.715. The molecule has 0 amide bonds. The zero-order valence-electron chi connectivity index (χ0n) is 8.93. The Labute approximate surface area is 101 Å². The predicted octanol–water partition coefficient (Wildman–Crippen LogP) is 1.63. The second kappa shape index (κ2) is 4.08. The van der Waals surface area contributed by atoms with Crippen LogP contribution in [0.4, 0.5) is 0 Å². The fourth-order valence-electron chi connectivity index (χ4n) is 1.79. The molecular formula is C12H8B4. The molecule has 4 heteroatoms. The van der Waals surface area contributed by atoms with Crippen molar-refractivity contribution >= 4 is 42.2 Å². The van der Waals surface area contributed by atoms with Crippen LogP contribution in [0.25, 0.3) is 10.8 Å². The third-order valence-electron chi connectivity index (χ3n) is 2.70. The predicted molar refractivity (Wildman–Crippen MR) is 72.4 cm³/mol. The van der Waals surface area contributed by atoms with Crippen molar-refractivity contribution in [1.29, 1.82) is 0 Å². The third-order valence-corrected chi connectivity index (χ3v) is 2.70. The Morgan fingerprint density at radius 1 is 0.875 bits per heavy atom. The molecule has 0 N–H and O–H groups in total. The van der Waals surface area contributed by atoms with Crippen molar-refractivity contribution in [3.8, 4) is 0 Å². The summed E-state index contributed by atoms with van der Waals surface area (Å²) in [7, 11) is 22.9. The molecule has 0 bridgehead atoms. The summed E-state index contributed by atoms with van der Waals surface area (Å²) in [6.07, 6.45) is 0. The van der Waals surface area contributed by atoms with Gasteiger partial charge in [0.15, 0.2) is 0 Å². The van der Waals surface area contributed by atoms with Gasteiger partial charge in [-0.05, 0) is 16.3 Å². The maximum Gasteiger partial charge on any atom is 0.0741 e.